The Hall–Kier alpha value is -1.97. The van der Waals surface area contributed by atoms with Gasteiger partial charge in [-0.25, -0.2) is 4.99 Å². The second-order valence-electron chi connectivity index (χ2n) is 3.98. The lowest BCUT2D eigenvalue weighted by atomic mass is 10.2. The van der Waals surface area contributed by atoms with Crippen LogP contribution in [-0.4, -0.2) is 19.0 Å². The minimum Gasteiger partial charge on any atom is -0.459 e. The van der Waals surface area contributed by atoms with E-state index in [1.165, 1.54) is 0 Å². The molecule has 4 heteroatoms. The molecule has 2 N–H and O–H groups in total. The highest BCUT2D eigenvalue weighted by molar-refractivity contribution is 5.80. The van der Waals surface area contributed by atoms with Gasteiger partial charge in [0.25, 0.3) is 0 Å². The summed E-state index contributed by atoms with van der Waals surface area (Å²) in [5.74, 6) is 1.70. The van der Waals surface area contributed by atoms with Crippen molar-refractivity contribution in [2.24, 2.45) is 4.99 Å². The van der Waals surface area contributed by atoms with Gasteiger partial charge < -0.3 is 15.1 Å². The van der Waals surface area contributed by atoms with Gasteiger partial charge in [-0.3, -0.25) is 0 Å². The summed E-state index contributed by atoms with van der Waals surface area (Å²) >= 11 is 0. The van der Waals surface area contributed by atoms with E-state index < -0.39 is 0 Å². The topological polar surface area (TPSA) is 49.6 Å². The maximum atomic E-state index is 5.71. The molecule has 0 saturated heterocycles. The number of hydrogen-bond donors (Lipinski definition) is 2. The molecule has 18 heavy (non-hydrogen) atoms. The number of benzene rings is 1. The zero-order valence-electron chi connectivity index (χ0n) is 10.9. The van der Waals surface area contributed by atoms with Crippen molar-refractivity contribution in [1.82, 2.24) is 10.6 Å². The predicted octanol–water partition coefficient (Wildman–Crippen LogP) is 2.51. The summed E-state index contributed by atoms with van der Waals surface area (Å²) in [5, 5.41) is 7.49. The van der Waals surface area contributed by atoms with Crippen molar-refractivity contribution in [2.45, 2.75) is 20.4 Å². The normalized spacial score (nSPS) is 10.3. The minimum atomic E-state index is 0.546. The Labute approximate surface area is 107 Å². The maximum Gasteiger partial charge on any atom is 0.191 e. The lowest BCUT2D eigenvalue weighted by Gasteiger charge is -2.08. The molecule has 1 aromatic carbocycles. The third kappa shape index (κ3) is 3.03. The number of nitrogens with zero attached hydrogens (tertiary/aromatic N) is 1. The number of nitrogens with one attached hydrogen (secondary N) is 2. The Balaban J connectivity index is 2.09. The summed E-state index contributed by atoms with van der Waals surface area (Å²) in [5.41, 5.74) is 0.913. The molecule has 0 amide bonds. The quantitative estimate of drug-likeness (QED) is 0.643. The zero-order chi connectivity index (χ0) is 12.8. The molecule has 0 aliphatic heterocycles. The van der Waals surface area contributed by atoms with Gasteiger partial charge in [0.05, 0.1) is 0 Å². The maximum absolute atomic E-state index is 5.71. The van der Waals surface area contributed by atoms with E-state index in [9.17, 15) is 0 Å². The molecule has 0 unspecified atom stereocenters. The fraction of sp³-hybridized carbons (Fsp3) is 0.357. The lowest BCUT2D eigenvalue weighted by molar-refractivity contribution is 0.551. The Morgan fingerprint density at radius 2 is 1.89 bits per heavy atom. The van der Waals surface area contributed by atoms with Crippen LogP contribution in [0.25, 0.3) is 11.0 Å². The molecule has 2 aromatic rings. The van der Waals surface area contributed by atoms with Gasteiger partial charge in [-0.2, -0.15) is 0 Å². The third-order valence-corrected chi connectivity index (χ3v) is 2.56. The molecule has 96 valence electrons. The van der Waals surface area contributed by atoms with Crippen LogP contribution in [0.3, 0.4) is 0 Å². The second-order valence-corrected chi connectivity index (χ2v) is 3.98. The van der Waals surface area contributed by atoms with Gasteiger partial charge in [-0.05, 0) is 26.0 Å². The highest BCUT2D eigenvalue weighted by Crippen LogP contribution is 2.19. The van der Waals surface area contributed by atoms with Crippen LogP contribution in [-0.2, 0) is 6.54 Å². The Bertz CT molecular complexity index is 490. The SMILES string of the molecule is CCNC(=NCc1cc2ccccc2o1)NCC. The highest BCUT2D eigenvalue weighted by Gasteiger charge is 2.02. The van der Waals surface area contributed by atoms with E-state index >= 15 is 0 Å². The van der Waals surface area contributed by atoms with E-state index in [0.717, 1.165) is 35.8 Å². The van der Waals surface area contributed by atoms with E-state index in [2.05, 4.69) is 15.6 Å². The zero-order valence-corrected chi connectivity index (χ0v) is 10.9. The largest absolute Gasteiger partial charge is 0.459 e. The molecule has 0 spiro atoms. The van der Waals surface area contributed by atoms with Gasteiger partial charge in [0, 0.05) is 18.5 Å². The first-order valence-electron chi connectivity index (χ1n) is 6.33. The average Bonchev–Trinajstić information content (AvgIpc) is 2.79. The van der Waals surface area contributed by atoms with Crippen LogP contribution >= 0.6 is 0 Å². The monoisotopic (exact) mass is 245 g/mol. The standard InChI is InChI=1S/C14H19N3O/c1-3-15-14(16-4-2)17-10-12-9-11-7-5-6-8-13(11)18-12/h5-9H,3-4,10H2,1-2H3,(H2,15,16,17). The van der Waals surface area contributed by atoms with Crippen molar-refractivity contribution in [1.29, 1.82) is 0 Å². The van der Waals surface area contributed by atoms with E-state index in [4.69, 9.17) is 4.42 Å². The van der Waals surface area contributed by atoms with Crippen LogP contribution in [0.2, 0.25) is 0 Å². The van der Waals surface area contributed by atoms with Crippen molar-refractivity contribution in [3.05, 3.63) is 36.1 Å². The Morgan fingerprint density at radius 3 is 2.56 bits per heavy atom. The van der Waals surface area contributed by atoms with Crippen molar-refractivity contribution in [2.75, 3.05) is 13.1 Å². The summed E-state index contributed by atoms with van der Waals surface area (Å²) in [6, 6.07) is 10.0. The summed E-state index contributed by atoms with van der Waals surface area (Å²) in [4.78, 5) is 4.47. The molecule has 0 aliphatic carbocycles. The molecule has 0 atom stereocenters. The molecular weight excluding hydrogens is 226 g/mol. The van der Waals surface area contributed by atoms with Crippen LogP contribution in [0.1, 0.15) is 19.6 Å². The number of furan rings is 1. The van der Waals surface area contributed by atoms with Crippen LogP contribution in [0.4, 0.5) is 0 Å². The molecule has 1 heterocycles. The van der Waals surface area contributed by atoms with Gasteiger partial charge in [-0.15, -0.1) is 0 Å². The van der Waals surface area contributed by atoms with Crippen molar-refractivity contribution < 1.29 is 4.42 Å². The summed E-state index contributed by atoms with van der Waals surface area (Å²) in [6.07, 6.45) is 0. The average molecular weight is 245 g/mol. The molecule has 4 nitrogen and oxygen atoms in total. The second kappa shape index (κ2) is 6.10. The highest BCUT2D eigenvalue weighted by atomic mass is 16.3. The van der Waals surface area contributed by atoms with E-state index in [-0.39, 0.29) is 0 Å². The minimum absolute atomic E-state index is 0.546. The first kappa shape index (κ1) is 12.5. The molecule has 0 aliphatic rings. The number of fused-ring (bicyclic) bond motifs is 1. The number of para-hydroxylation sites is 1. The molecule has 1 aromatic heterocycles. The van der Waals surface area contributed by atoms with Gasteiger partial charge in [-0.1, -0.05) is 18.2 Å². The molecule has 0 radical (unpaired) electrons. The first-order valence-corrected chi connectivity index (χ1v) is 6.33. The molecule has 0 bridgehead atoms. The Kier molecular flexibility index (Phi) is 4.23. The van der Waals surface area contributed by atoms with Crippen LogP contribution in [0.15, 0.2) is 39.7 Å². The summed E-state index contributed by atoms with van der Waals surface area (Å²) in [6.45, 7) is 6.35. The van der Waals surface area contributed by atoms with Crippen molar-refractivity contribution in [3.8, 4) is 0 Å². The summed E-state index contributed by atoms with van der Waals surface area (Å²) < 4.78 is 5.71. The van der Waals surface area contributed by atoms with Gasteiger partial charge in [0.15, 0.2) is 5.96 Å². The van der Waals surface area contributed by atoms with Gasteiger partial charge in [0.1, 0.15) is 17.9 Å². The van der Waals surface area contributed by atoms with E-state index in [1.54, 1.807) is 0 Å². The Morgan fingerprint density at radius 1 is 1.17 bits per heavy atom. The molecular formula is C14H19N3O. The molecule has 2 rings (SSSR count). The number of hydrogen-bond acceptors (Lipinski definition) is 2. The van der Waals surface area contributed by atoms with Crippen molar-refractivity contribution in [3.63, 3.8) is 0 Å². The molecule has 0 fully saturated rings. The van der Waals surface area contributed by atoms with Crippen LogP contribution in [0, 0.1) is 0 Å². The van der Waals surface area contributed by atoms with E-state index in [0.29, 0.717) is 6.54 Å². The van der Waals surface area contributed by atoms with E-state index in [1.807, 2.05) is 44.2 Å². The third-order valence-electron chi connectivity index (χ3n) is 2.56. The molecule has 0 saturated carbocycles. The van der Waals surface area contributed by atoms with Gasteiger partial charge >= 0.3 is 0 Å². The fourth-order valence-corrected chi connectivity index (χ4v) is 1.78. The number of aliphatic imine (C=N–C) groups is 1. The van der Waals surface area contributed by atoms with Crippen LogP contribution < -0.4 is 10.6 Å². The van der Waals surface area contributed by atoms with Gasteiger partial charge in [0.2, 0.25) is 0 Å². The van der Waals surface area contributed by atoms with Crippen LogP contribution in [0.5, 0.6) is 0 Å². The fourth-order valence-electron chi connectivity index (χ4n) is 1.78. The first-order chi connectivity index (χ1) is 8.83. The summed E-state index contributed by atoms with van der Waals surface area (Å²) in [7, 11) is 0. The van der Waals surface area contributed by atoms with Crippen molar-refractivity contribution >= 4 is 16.9 Å². The lowest BCUT2D eigenvalue weighted by Crippen LogP contribution is -2.36. The smallest absolute Gasteiger partial charge is 0.191 e. The predicted molar refractivity (Wildman–Crippen MR) is 74.7 cm³/mol. The number of rotatable bonds is 4. The number of guanidine groups is 1.